The summed E-state index contributed by atoms with van der Waals surface area (Å²) in [5, 5.41) is 5.08. The molecule has 0 saturated carbocycles. The zero-order valence-corrected chi connectivity index (χ0v) is 20.5. The first kappa shape index (κ1) is 23.6. The SMILES string of the molecule is COc1cc(OC)cc(C(=O)NC(C(=O)N2CCC3(CC2)OCCc2ccsc23)C(C)C)c1. The van der Waals surface area contributed by atoms with Crippen LogP contribution in [0, 0.1) is 5.92 Å². The largest absolute Gasteiger partial charge is 0.497 e. The Hall–Kier alpha value is -2.58. The van der Waals surface area contributed by atoms with Gasteiger partial charge in [0.05, 0.1) is 20.8 Å². The van der Waals surface area contributed by atoms with E-state index >= 15 is 0 Å². The molecule has 3 heterocycles. The van der Waals surface area contributed by atoms with Crippen molar-refractivity contribution >= 4 is 23.2 Å². The number of ether oxygens (including phenoxy) is 3. The second-order valence-electron chi connectivity index (χ2n) is 8.99. The second-order valence-corrected chi connectivity index (χ2v) is 9.91. The second kappa shape index (κ2) is 9.73. The maximum absolute atomic E-state index is 13.4. The van der Waals surface area contributed by atoms with E-state index in [4.69, 9.17) is 14.2 Å². The van der Waals surface area contributed by atoms with E-state index in [-0.39, 0.29) is 23.3 Å². The van der Waals surface area contributed by atoms with Gasteiger partial charge in [0, 0.05) is 29.6 Å². The monoisotopic (exact) mass is 472 g/mol. The number of fused-ring (bicyclic) bond motifs is 2. The van der Waals surface area contributed by atoms with Crippen molar-refractivity contribution in [3.8, 4) is 11.5 Å². The summed E-state index contributed by atoms with van der Waals surface area (Å²) in [6.45, 7) is 5.85. The molecular formula is C25H32N2O5S. The summed E-state index contributed by atoms with van der Waals surface area (Å²) in [6, 6.07) is 6.57. The Bertz CT molecular complexity index is 988. The van der Waals surface area contributed by atoms with Crippen LogP contribution in [0.15, 0.2) is 29.6 Å². The fourth-order valence-electron chi connectivity index (χ4n) is 4.69. The lowest BCUT2D eigenvalue weighted by molar-refractivity contribution is -0.143. The summed E-state index contributed by atoms with van der Waals surface area (Å²) < 4.78 is 16.8. The fourth-order valence-corrected chi connectivity index (χ4v) is 5.86. The third-order valence-corrected chi connectivity index (χ3v) is 7.77. The van der Waals surface area contributed by atoms with Gasteiger partial charge in [0.15, 0.2) is 0 Å². The highest BCUT2D eigenvalue weighted by molar-refractivity contribution is 7.10. The van der Waals surface area contributed by atoms with Crippen LogP contribution in [0.1, 0.15) is 47.5 Å². The number of nitrogens with zero attached hydrogens (tertiary/aromatic N) is 1. The number of methoxy groups -OCH3 is 2. The molecule has 1 aromatic heterocycles. The topological polar surface area (TPSA) is 77.1 Å². The van der Waals surface area contributed by atoms with Gasteiger partial charge in [0.1, 0.15) is 23.1 Å². The van der Waals surface area contributed by atoms with Crippen LogP contribution in [0.3, 0.4) is 0 Å². The number of carbonyl (C=O) groups excluding carboxylic acids is 2. The highest BCUT2D eigenvalue weighted by Gasteiger charge is 2.43. The zero-order chi connectivity index (χ0) is 23.6. The van der Waals surface area contributed by atoms with Crippen molar-refractivity contribution < 1.29 is 23.8 Å². The molecule has 2 amide bonds. The molecule has 4 rings (SSSR count). The third-order valence-electron chi connectivity index (χ3n) is 6.63. The zero-order valence-electron chi connectivity index (χ0n) is 19.7. The number of nitrogens with one attached hydrogen (secondary N) is 1. The molecule has 0 radical (unpaired) electrons. The van der Waals surface area contributed by atoms with Gasteiger partial charge >= 0.3 is 0 Å². The number of rotatable bonds is 6. The number of hydrogen-bond donors (Lipinski definition) is 1. The molecule has 1 atom stereocenters. The van der Waals surface area contributed by atoms with Gasteiger partial charge in [-0.2, -0.15) is 0 Å². The fraction of sp³-hybridized carbons (Fsp3) is 0.520. The van der Waals surface area contributed by atoms with Crippen molar-refractivity contribution in [2.24, 2.45) is 5.92 Å². The predicted octanol–water partition coefficient (Wildman–Crippen LogP) is 3.61. The maximum Gasteiger partial charge on any atom is 0.252 e. The van der Waals surface area contributed by atoms with Crippen molar-refractivity contribution in [1.82, 2.24) is 10.2 Å². The van der Waals surface area contributed by atoms with Gasteiger partial charge < -0.3 is 24.4 Å². The van der Waals surface area contributed by atoms with Crippen molar-refractivity contribution in [2.75, 3.05) is 33.9 Å². The molecule has 1 aromatic carbocycles. The van der Waals surface area contributed by atoms with E-state index in [1.165, 1.54) is 24.7 Å². The quantitative estimate of drug-likeness (QED) is 0.695. The highest BCUT2D eigenvalue weighted by Crippen LogP contribution is 2.44. The van der Waals surface area contributed by atoms with Crippen molar-refractivity contribution in [1.29, 1.82) is 0 Å². The molecule has 2 aromatic rings. The van der Waals surface area contributed by atoms with Crippen molar-refractivity contribution in [3.63, 3.8) is 0 Å². The molecule has 1 spiro atoms. The molecule has 0 bridgehead atoms. The average Bonchev–Trinajstić information content (AvgIpc) is 3.32. The van der Waals surface area contributed by atoms with Crippen LogP contribution < -0.4 is 14.8 Å². The Balaban J connectivity index is 1.45. The van der Waals surface area contributed by atoms with Gasteiger partial charge in [-0.25, -0.2) is 0 Å². The van der Waals surface area contributed by atoms with Crippen LogP contribution in [0.5, 0.6) is 11.5 Å². The number of likely N-dealkylation sites (tertiary alicyclic amines) is 1. The Morgan fingerprint density at radius 2 is 1.79 bits per heavy atom. The number of hydrogen-bond acceptors (Lipinski definition) is 6. The molecule has 8 heteroatoms. The van der Waals surface area contributed by atoms with Gasteiger partial charge in [0.2, 0.25) is 5.91 Å². The van der Waals surface area contributed by atoms with Crippen LogP contribution in [0.25, 0.3) is 0 Å². The van der Waals surface area contributed by atoms with Crippen molar-refractivity contribution in [2.45, 2.75) is 44.8 Å². The normalized spacial score (nSPS) is 18.0. The molecule has 0 aliphatic carbocycles. The van der Waals surface area contributed by atoms with Crippen LogP contribution in [-0.2, 0) is 21.6 Å². The van der Waals surface area contributed by atoms with E-state index in [2.05, 4.69) is 16.8 Å². The summed E-state index contributed by atoms with van der Waals surface area (Å²) >= 11 is 1.76. The molecule has 7 nitrogen and oxygen atoms in total. The van der Waals surface area contributed by atoms with E-state index in [0.29, 0.717) is 30.2 Å². The van der Waals surface area contributed by atoms with Gasteiger partial charge in [0.25, 0.3) is 5.91 Å². The molecule has 178 valence electrons. The Morgan fingerprint density at radius 3 is 2.39 bits per heavy atom. The summed E-state index contributed by atoms with van der Waals surface area (Å²) in [4.78, 5) is 29.7. The molecule has 1 saturated heterocycles. The molecule has 2 aliphatic heterocycles. The lowest BCUT2D eigenvalue weighted by atomic mass is 9.85. The van der Waals surface area contributed by atoms with E-state index in [9.17, 15) is 9.59 Å². The molecule has 33 heavy (non-hydrogen) atoms. The van der Waals surface area contributed by atoms with E-state index in [1.807, 2.05) is 18.7 Å². The summed E-state index contributed by atoms with van der Waals surface area (Å²) in [5.41, 5.74) is 1.50. The van der Waals surface area contributed by atoms with Crippen LogP contribution in [0.2, 0.25) is 0 Å². The minimum absolute atomic E-state index is 0.0507. The van der Waals surface area contributed by atoms with Gasteiger partial charge in [-0.3, -0.25) is 9.59 Å². The number of thiophene rings is 1. The van der Waals surface area contributed by atoms with Crippen LogP contribution in [0.4, 0.5) is 0 Å². The minimum Gasteiger partial charge on any atom is -0.497 e. The first-order chi connectivity index (χ1) is 15.9. The Morgan fingerprint density at radius 1 is 1.12 bits per heavy atom. The van der Waals surface area contributed by atoms with Crippen LogP contribution in [-0.4, -0.2) is 56.7 Å². The number of benzene rings is 1. The third kappa shape index (κ3) is 4.73. The van der Waals surface area contributed by atoms with Gasteiger partial charge in [-0.15, -0.1) is 11.3 Å². The number of piperidine rings is 1. The van der Waals surface area contributed by atoms with E-state index in [0.717, 1.165) is 25.9 Å². The lowest BCUT2D eigenvalue weighted by Gasteiger charge is -2.44. The molecule has 1 unspecified atom stereocenters. The first-order valence-corrected chi connectivity index (χ1v) is 12.3. The summed E-state index contributed by atoms with van der Waals surface area (Å²) in [5.74, 6) is 0.610. The minimum atomic E-state index is -0.617. The van der Waals surface area contributed by atoms with Gasteiger partial charge in [-0.05, 0) is 54.3 Å². The number of amides is 2. The highest BCUT2D eigenvalue weighted by atomic mass is 32.1. The standard InChI is InChI=1S/C25H32N2O5S/c1-16(2)21(26-23(28)18-13-19(30-3)15-20(14-18)31-4)24(29)27-9-7-25(8-10-27)22-17(5-11-32-25)6-12-33-22/h6,12-16,21H,5,7-11H2,1-4H3,(H,26,28). The molecule has 2 aliphatic rings. The van der Waals surface area contributed by atoms with Gasteiger partial charge in [-0.1, -0.05) is 13.8 Å². The smallest absolute Gasteiger partial charge is 0.252 e. The molecular weight excluding hydrogens is 440 g/mol. The molecule has 1 N–H and O–H groups in total. The average molecular weight is 473 g/mol. The predicted molar refractivity (Wildman–Crippen MR) is 127 cm³/mol. The van der Waals surface area contributed by atoms with Crippen molar-refractivity contribution in [3.05, 3.63) is 45.6 Å². The van der Waals surface area contributed by atoms with Crippen LogP contribution >= 0.6 is 11.3 Å². The maximum atomic E-state index is 13.4. The van der Waals surface area contributed by atoms with E-state index in [1.54, 1.807) is 29.5 Å². The van der Waals surface area contributed by atoms with E-state index < -0.39 is 6.04 Å². The first-order valence-electron chi connectivity index (χ1n) is 11.4. The lowest BCUT2D eigenvalue weighted by Crippen LogP contribution is -2.55. The molecule has 1 fully saturated rings. The summed E-state index contributed by atoms with van der Waals surface area (Å²) in [7, 11) is 3.07. The number of carbonyl (C=O) groups is 2. The Labute approximate surface area is 199 Å². The summed E-state index contributed by atoms with van der Waals surface area (Å²) in [6.07, 6.45) is 2.51. The Kier molecular flexibility index (Phi) is 6.95.